The van der Waals surface area contributed by atoms with Gasteiger partial charge in [0.1, 0.15) is 5.03 Å². The zero-order valence-corrected chi connectivity index (χ0v) is 11.6. The van der Waals surface area contributed by atoms with Crippen LogP contribution in [0.4, 0.5) is 13.2 Å². The van der Waals surface area contributed by atoms with E-state index in [1.54, 1.807) is 0 Å². The number of alkyl halides is 3. The number of aromatic nitrogens is 2. The molecule has 3 nitrogen and oxygen atoms in total. The van der Waals surface area contributed by atoms with Gasteiger partial charge in [0.2, 0.25) is 0 Å². The minimum Gasteiger partial charge on any atom is -0.330 e. The van der Waals surface area contributed by atoms with Crippen molar-refractivity contribution in [3.63, 3.8) is 0 Å². The molecule has 2 rings (SSSR count). The molecule has 1 heterocycles. The summed E-state index contributed by atoms with van der Waals surface area (Å²) >= 11 is 1.26. The average Bonchev–Trinajstić information content (AvgIpc) is 2.69. The van der Waals surface area contributed by atoms with Crippen LogP contribution in [-0.2, 0) is 19.6 Å². The van der Waals surface area contributed by atoms with Gasteiger partial charge in [-0.2, -0.15) is 18.3 Å². The number of nitrogens with zero attached hydrogens (tertiary/aromatic N) is 2. The predicted molar refractivity (Wildman–Crippen MR) is 71.5 cm³/mol. The van der Waals surface area contributed by atoms with Crippen molar-refractivity contribution >= 4 is 11.8 Å². The quantitative estimate of drug-likeness (QED) is 0.943. The molecule has 0 saturated carbocycles. The zero-order valence-electron chi connectivity index (χ0n) is 10.8. The largest absolute Gasteiger partial charge is 0.435 e. The van der Waals surface area contributed by atoms with Crippen LogP contribution in [0.1, 0.15) is 11.3 Å². The standard InChI is InChI=1S/C13H14F3N3S/c1-19-12(20-9-5-3-2-4-6-9)10(7-8-17)11(18-19)13(14,15)16/h2-6H,7-8,17H2,1H3. The molecule has 0 amide bonds. The molecule has 0 radical (unpaired) electrons. The Hall–Kier alpha value is -1.47. The van der Waals surface area contributed by atoms with Crippen molar-refractivity contribution in [2.75, 3.05) is 6.54 Å². The molecule has 0 aliphatic rings. The lowest BCUT2D eigenvalue weighted by Crippen LogP contribution is -2.12. The number of halogens is 3. The summed E-state index contributed by atoms with van der Waals surface area (Å²) in [7, 11) is 1.51. The van der Waals surface area contributed by atoms with Gasteiger partial charge < -0.3 is 5.73 Å². The van der Waals surface area contributed by atoms with Gasteiger partial charge >= 0.3 is 6.18 Å². The lowest BCUT2D eigenvalue weighted by atomic mass is 10.2. The minimum absolute atomic E-state index is 0.150. The van der Waals surface area contributed by atoms with Crippen LogP contribution in [0.25, 0.3) is 0 Å². The summed E-state index contributed by atoms with van der Waals surface area (Å²) in [6, 6.07) is 9.22. The molecular formula is C13H14F3N3S. The van der Waals surface area contributed by atoms with E-state index in [4.69, 9.17) is 5.73 Å². The van der Waals surface area contributed by atoms with E-state index in [2.05, 4.69) is 5.10 Å². The molecule has 1 aromatic heterocycles. The van der Waals surface area contributed by atoms with Crippen LogP contribution in [0.5, 0.6) is 0 Å². The Morgan fingerprint density at radius 2 is 1.90 bits per heavy atom. The van der Waals surface area contributed by atoms with Crippen molar-refractivity contribution in [3.05, 3.63) is 41.6 Å². The topological polar surface area (TPSA) is 43.8 Å². The van der Waals surface area contributed by atoms with E-state index >= 15 is 0 Å². The van der Waals surface area contributed by atoms with Crippen LogP contribution in [0.3, 0.4) is 0 Å². The predicted octanol–water partition coefficient (Wildman–Crippen LogP) is 3.09. The van der Waals surface area contributed by atoms with Crippen LogP contribution in [0.2, 0.25) is 0 Å². The molecule has 2 aromatic rings. The highest BCUT2D eigenvalue weighted by molar-refractivity contribution is 7.99. The fourth-order valence-electron chi connectivity index (χ4n) is 1.88. The van der Waals surface area contributed by atoms with Crippen LogP contribution in [-0.4, -0.2) is 16.3 Å². The Morgan fingerprint density at radius 3 is 2.45 bits per heavy atom. The molecule has 1 aromatic carbocycles. The molecular weight excluding hydrogens is 287 g/mol. The van der Waals surface area contributed by atoms with E-state index < -0.39 is 11.9 Å². The molecule has 0 aliphatic heterocycles. The van der Waals surface area contributed by atoms with Crippen molar-refractivity contribution in [2.45, 2.75) is 22.5 Å². The van der Waals surface area contributed by atoms with Gasteiger partial charge in [-0.3, -0.25) is 4.68 Å². The SMILES string of the molecule is Cn1nc(C(F)(F)F)c(CCN)c1Sc1ccccc1. The third-order valence-electron chi connectivity index (χ3n) is 2.71. The first-order chi connectivity index (χ1) is 9.43. The molecule has 2 N–H and O–H groups in total. The molecule has 0 aliphatic carbocycles. The summed E-state index contributed by atoms with van der Waals surface area (Å²) in [6.45, 7) is 0.150. The van der Waals surface area contributed by atoms with Gasteiger partial charge in [0.15, 0.2) is 5.69 Å². The van der Waals surface area contributed by atoms with Crippen molar-refractivity contribution < 1.29 is 13.2 Å². The number of hydrogen-bond acceptors (Lipinski definition) is 3. The van der Waals surface area contributed by atoms with E-state index in [0.29, 0.717) is 5.03 Å². The Kier molecular flexibility index (Phi) is 4.39. The highest BCUT2D eigenvalue weighted by atomic mass is 32.2. The van der Waals surface area contributed by atoms with E-state index in [1.165, 1.54) is 23.5 Å². The molecule has 0 atom stereocenters. The van der Waals surface area contributed by atoms with Gasteiger partial charge in [-0.15, -0.1) is 0 Å². The van der Waals surface area contributed by atoms with Crippen LogP contribution in [0, 0.1) is 0 Å². The van der Waals surface area contributed by atoms with E-state index in [1.807, 2.05) is 30.3 Å². The maximum Gasteiger partial charge on any atom is 0.435 e. The number of benzene rings is 1. The molecule has 0 bridgehead atoms. The smallest absolute Gasteiger partial charge is 0.330 e. The number of hydrogen-bond donors (Lipinski definition) is 1. The first-order valence-corrected chi connectivity index (χ1v) is 6.81. The van der Waals surface area contributed by atoms with Crippen LogP contribution >= 0.6 is 11.8 Å². The second-order valence-electron chi connectivity index (χ2n) is 4.21. The summed E-state index contributed by atoms with van der Waals surface area (Å²) in [5.74, 6) is 0. The highest BCUT2D eigenvalue weighted by Gasteiger charge is 2.38. The van der Waals surface area contributed by atoms with Crippen LogP contribution in [0.15, 0.2) is 40.3 Å². The molecule has 7 heteroatoms. The summed E-state index contributed by atoms with van der Waals surface area (Å²) in [5.41, 5.74) is 4.75. The minimum atomic E-state index is -4.46. The maximum absolute atomic E-state index is 13.0. The second-order valence-corrected chi connectivity index (χ2v) is 5.27. The van der Waals surface area contributed by atoms with Gasteiger partial charge in [0, 0.05) is 17.5 Å². The summed E-state index contributed by atoms with van der Waals surface area (Å²) in [5, 5.41) is 4.09. The Balaban J connectivity index is 2.44. The van der Waals surface area contributed by atoms with Crippen LogP contribution < -0.4 is 5.73 Å². The zero-order chi connectivity index (χ0) is 14.8. The third kappa shape index (κ3) is 3.16. The van der Waals surface area contributed by atoms with Crippen molar-refractivity contribution in [1.29, 1.82) is 0 Å². The van der Waals surface area contributed by atoms with E-state index in [0.717, 1.165) is 4.90 Å². The van der Waals surface area contributed by atoms with Gasteiger partial charge in [-0.1, -0.05) is 30.0 Å². The fourth-order valence-corrected chi connectivity index (χ4v) is 2.89. The molecule has 20 heavy (non-hydrogen) atoms. The number of aryl methyl sites for hydroxylation is 1. The lowest BCUT2D eigenvalue weighted by Gasteiger charge is -2.07. The monoisotopic (exact) mass is 301 g/mol. The first kappa shape index (κ1) is 14.9. The third-order valence-corrected chi connectivity index (χ3v) is 3.92. The summed E-state index contributed by atoms with van der Waals surface area (Å²) < 4.78 is 40.2. The fraction of sp³-hybridized carbons (Fsp3) is 0.308. The molecule has 0 fully saturated rings. The second kappa shape index (κ2) is 5.88. The Labute approximate surface area is 119 Å². The van der Waals surface area contributed by atoms with Crippen molar-refractivity contribution in [3.8, 4) is 0 Å². The normalized spacial score (nSPS) is 11.8. The van der Waals surface area contributed by atoms with Gasteiger partial charge in [0.05, 0.1) is 0 Å². The summed E-state index contributed by atoms with van der Waals surface area (Å²) in [4.78, 5) is 0.863. The van der Waals surface area contributed by atoms with Gasteiger partial charge in [0.25, 0.3) is 0 Å². The Bertz CT molecular complexity index is 579. The number of nitrogens with two attached hydrogens (primary N) is 1. The summed E-state index contributed by atoms with van der Waals surface area (Å²) in [6.07, 6.45) is -4.31. The average molecular weight is 301 g/mol. The maximum atomic E-state index is 13.0. The molecule has 0 unspecified atom stereocenters. The van der Waals surface area contributed by atoms with E-state index in [-0.39, 0.29) is 18.5 Å². The lowest BCUT2D eigenvalue weighted by molar-refractivity contribution is -0.142. The van der Waals surface area contributed by atoms with Gasteiger partial charge in [-0.25, -0.2) is 0 Å². The molecule has 108 valence electrons. The van der Waals surface area contributed by atoms with E-state index in [9.17, 15) is 13.2 Å². The van der Waals surface area contributed by atoms with Gasteiger partial charge in [-0.05, 0) is 25.1 Å². The number of rotatable bonds is 4. The Morgan fingerprint density at radius 1 is 1.25 bits per heavy atom. The van der Waals surface area contributed by atoms with Crippen molar-refractivity contribution in [2.24, 2.45) is 12.8 Å². The molecule has 0 spiro atoms. The highest BCUT2D eigenvalue weighted by Crippen LogP contribution is 2.38. The first-order valence-electron chi connectivity index (χ1n) is 5.99. The van der Waals surface area contributed by atoms with Crippen molar-refractivity contribution in [1.82, 2.24) is 9.78 Å². The molecule has 0 saturated heterocycles.